The molecule has 4 nitrogen and oxygen atoms in total. The lowest BCUT2D eigenvalue weighted by Gasteiger charge is -2.06. The summed E-state index contributed by atoms with van der Waals surface area (Å²) in [4.78, 5) is 20.1. The van der Waals surface area contributed by atoms with Gasteiger partial charge in [0.2, 0.25) is 0 Å². The Hall–Kier alpha value is -0.860. The van der Waals surface area contributed by atoms with E-state index in [2.05, 4.69) is 37.9 Å². The van der Waals surface area contributed by atoms with E-state index in [0.717, 1.165) is 3.57 Å². The zero-order valence-corrected chi connectivity index (χ0v) is 13.6. The molecule has 0 spiro atoms. The van der Waals surface area contributed by atoms with Crippen molar-refractivity contribution in [1.29, 1.82) is 0 Å². The van der Waals surface area contributed by atoms with Crippen molar-refractivity contribution in [3.05, 3.63) is 44.7 Å². The molecule has 0 saturated heterocycles. The molecule has 1 heterocycles. The molecule has 0 fully saturated rings. The number of anilines is 1. The lowest BCUT2D eigenvalue weighted by atomic mass is 10.3. The first-order chi connectivity index (χ1) is 9.10. The van der Waals surface area contributed by atoms with Gasteiger partial charge in [0.05, 0.1) is 5.56 Å². The third-order valence-corrected chi connectivity index (χ3v) is 3.82. The van der Waals surface area contributed by atoms with Gasteiger partial charge < -0.3 is 5.32 Å². The van der Waals surface area contributed by atoms with Crippen LogP contribution in [0.5, 0.6) is 0 Å². The minimum Gasteiger partial charge on any atom is -0.322 e. The number of hydrogen-bond donors (Lipinski definition) is 1. The molecule has 0 saturated carbocycles. The van der Waals surface area contributed by atoms with Gasteiger partial charge in [-0.25, -0.2) is 9.97 Å². The Labute approximate surface area is 133 Å². The smallest absolute Gasteiger partial charge is 0.260 e. The maximum Gasteiger partial charge on any atom is 0.260 e. The summed E-state index contributed by atoms with van der Waals surface area (Å²) in [5, 5.41) is 3.44. The summed E-state index contributed by atoms with van der Waals surface area (Å²) in [5.74, 6) is -0.320. The molecule has 98 valence electrons. The summed E-state index contributed by atoms with van der Waals surface area (Å²) in [6, 6.07) is 7.46. The third-order valence-electron chi connectivity index (χ3n) is 2.25. The van der Waals surface area contributed by atoms with Crippen LogP contribution in [0.15, 0.2) is 35.6 Å². The Balaban J connectivity index is 2.18. The van der Waals surface area contributed by atoms with Crippen LogP contribution in [0.1, 0.15) is 10.4 Å². The lowest BCUT2D eigenvalue weighted by molar-refractivity contribution is 0.102. The van der Waals surface area contributed by atoms with Crippen molar-refractivity contribution >= 4 is 57.5 Å². The van der Waals surface area contributed by atoms with Crippen molar-refractivity contribution in [2.45, 2.75) is 5.16 Å². The van der Waals surface area contributed by atoms with Crippen LogP contribution in [0.3, 0.4) is 0 Å². The maximum absolute atomic E-state index is 12.0. The Bertz CT molecular complexity index is 606. The summed E-state index contributed by atoms with van der Waals surface area (Å²) in [7, 11) is 0. The number of carbonyl (C=O) groups is 1. The van der Waals surface area contributed by atoms with Gasteiger partial charge in [-0.15, -0.1) is 0 Å². The summed E-state index contributed by atoms with van der Waals surface area (Å²) >= 11 is 9.54. The highest BCUT2D eigenvalue weighted by Gasteiger charge is 2.13. The van der Waals surface area contributed by atoms with E-state index in [9.17, 15) is 4.79 Å². The highest BCUT2D eigenvalue weighted by atomic mass is 127. The van der Waals surface area contributed by atoms with Crippen molar-refractivity contribution in [1.82, 2.24) is 9.97 Å². The Morgan fingerprint density at radius 3 is 2.63 bits per heavy atom. The van der Waals surface area contributed by atoms with Crippen molar-refractivity contribution in [2.75, 3.05) is 11.6 Å². The van der Waals surface area contributed by atoms with Gasteiger partial charge >= 0.3 is 0 Å². The largest absolute Gasteiger partial charge is 0.322 e. The van der Waals surface area contributed by atoms with E-state index in [1.54, 1.807) is 0 Å². The fraction of sp³-hybridized carbons (Fsp3) is 0.0833. The maximum atomic E-state index is 12.0. The van der Waals surface area contributed by atoms with Crippen LogP contribution in [0.4, 0.5) is 5.69 Å². The standard InChI is InChI=1S/C12H9ClIN3OS/c1-19-12-15-6-9(10(13)17-12)11(18)16-8-4-2-7(14)3-5-8/h2-6H,1H3,(H,16,18). The number of hydrogen-bond acceptors (Lipinski definition) is 4. The van der Waals surface area contributed by atoms with Crippen molar-refractivity contribution < 1.29 is 4.79 Å². The molecule has 0 radical (unpaired) electrons. The van der Waals surface area contributed by atoms with E-state index in [0.29, 0.717) is 10.8 Å². The molecular formula is C12H9ClIN3OS. The summed E-state index contributed by atoms with van der Waals surface area (Å²) in [6.45, 7) is 0. The number of aromatic nitrogens is 2. The van der Waals surface area contributed by atoms with Crippen LogP contribution in [-0.4, -0.2) is 22.1 Å². The predicted octanol–water partition coefficient (Wildman–Crippen LogP) is 3.71. The molecule has 19 heavy (non-hydrogen) atoms. The average Bonchev–Trinajstić information content (AvgIpc) is 2.41. The van der Waals surface area contributed by atoms with Gasteiger partial charge in [-0.05, 0) is 53.1 Å². The van der Waals surface area contributed by atoms with Crippen LogP contribution in [-0.2, 0) is 0 Å². The first kappa shape index (κ1) is 14.5. The average molecular weight is 406 g/mol. The Kier molecular flexibility index (Phi) is 5.00. The van der Waals surface area contributed by atoms with Gasteiger partial charge in [0.1, 0.15) is 5.15 Å². The van der Waals surface area contributed by atoms with Gasteiger partial charge in [-0.2, -0.15) is 0 Å². The van der Waals surface area contributed by atoms with Gasteiger partial charge in [-0.3, -0.25) is 4.79 Å². The highest BCUT2D eigenvalue weighted by molar-refractivity contribution is 14.1. The van der Waals surface area contributed by atoms with Crippen molar-refractivity contribution in [3.63, 3.8) is 0 Å². The van der Waals surface area contributed by atoms with Crippen LogP contribution in [0.2, 0.25) is 5.15 Å². The molecule has 0 bridgehead atoms. The predicted molar refractivity (Wildman–Crippen MR) is 85.9 cm³/mol. The molecule has 0 aliphatic heterocycles. The summed E-state index contributed by atoms with van der Waals surface area (Å²) in [6.07, 6.45) is 3.28. The van der Waals surface area contributed by atoms with Gasteiger partial charge in [0, 0.05) is 15.5 Å². The van der Waals surface area contributed by atoms with E-state index in [-0.39, 0.29) is 16.6 Å². The first-order valence-electron chi connectivity index (χ1n) is 5.23. The minimum atomic E-state index is -0.320. The van der Waals surface area contributed by atoms with E-state index in [4.69, 9.17) is 11.6 Å². The van der Waals surface area contributed by atoms with Crippen LogP contribution in [0, 0.1) is 3.57 Å². The molecule has 0 aliphatic rings. The minimum absolute atomic E-state index is 0.155. The fourth-order valence-corrected chi connectivity index (χ4v) is 2.29. The third kappa shape index (κ3) is 3.80. The summed E-state index contributed by atoms with van der Waals surface area (Å²) < 4.78 is 1.10. The highest BCUT2D eigenvalue weighted by Crippen LogP contribution is 2.18. The lowest BCUT2D eigenvalue weighted by Crippen LogP contribution is -2.13. The first-order valence-corrected chi connectivity index (χ1v) is 7.91. The quantitative estimate of drug-likeness (QED) is 0.366. The summed E-state index contributed by atoms with van der Waals surface area (Å²) in [5.41, 5.74) is 0.966. The fourth-order valence-electron chi connectivity index (χ4n) is 1.33. The molecule has 1 amide bonds. The molecule has 1 N–H and O–H groups in total. The number of carbonyl (C=O) groups excluding carboxylic acids is 1. The second-order valence-corrected chi connectivity index (χ2v) is 5.90. The SMILES string of the molecule is CSc1ncc(C(=O)Nc2ccc(I)cc2)c(Cl)n1. The molecule has 2 rings (SSSR count). The van der Waals surface area contributed by atoms with Crippen molar-refractivity contribution in [2.24, 2.45) is 0 Å². The van der Waals surface area contributed by atoms with E-state index in [1.165, 1.54) is 18.0 Å². The number of amides is 1. The van der Waals surface area contributed by atoms with Gasteiger partial charge in [0.25, 0.3) is 5.91 Å². The van der Waals surface area contributed by atoms with Gasteiger partial charge in [-0.1, -0.05) is 23.4 Å². The number of nitrogens with zero attached hydrogens (tertiary/aromatic N) is 2. The molecule has 0 atom stereocenters. The van der Waals surface area contributed by atoms with E-state index >= 15 is 0 Å². The molecule has 1 aromatic heterocycles. The molecule has 1 aromatic carbocycles. The topological polar surface area (TPSA) is 54.9 Å². The number of benzene rings is 1. The molecular weight excluding hydrogens is 397 g/mol. The molecule has 2 aromatic rings. The molecule has 0 aliphatic carbocycles. The number of thioether (sulfide) groups is 1. The molecule has 7 heteroatoms. The monoisotopic (exact) mass is 405 g/mol. The van der Waals surface area contributed by atoms with Crippen LogP contribution >= 0.6 is 46.0 Å². The second kappa shape index (κ2) is 6.53. The molecule has 0 unspecified atom stereocenters. The Morgan fingerprint density at radius 1 is 1.37 bits per heavy atom. The Morgan fingerprint density at radius 2 is 2.05 bits per heavy atom. The van der Waals surface area contributed by atoms with Crippen LogP contribution in [0.25, 0.3) is 0 Å². The second-order valence-electron chi connectivity index (χ2n) is 3.52. The number of rotatable bonds is 3. The van der Waals surface area contributed by atoms with E-state index in [1.807, 2.05) is 30.5 Å². The zero-order chi connectivity index (χ0) is 13.8. The van der Waals surface area contributed by atoms with Crippen molar-refractivity contribution in [3.8, 4) is 0 Å². The number of nitrogens with one attached hydrogen (secondary N) is 1. The van der Waals surface area contributed by atoms with E-state index < -0.39 is 0 Å². The zero-order valence-electron chi connectivity index (χ0n) is 9.85. The van der Waals surface area contributed by atoms with Crippen LogP contribution < -0.4 is 5.32 Å². The number of halogens is 2. The van der Waals surface area contributed by atoms with Gasteiger partial charge in [0.15, 0.2) is 5.16 Å². The normalized spacial score (nSPS) is 10.3.